The zero-order chi connectivity index (χ0) is 27.8. The van der Waals surface area contributed by atoms with Crippen LogP contribution in [-0.4, -0.2) is 93.1 Å². The number of benzene rings is 2. The summed E-state index contributed by atoms with van der Waals surface area (Å²) < 4.78 is 30.1. The van der Waals surface area contributed by atoms with Gasteiger partial charge >= 0.3 is 0 Å². The van der Waals surface area contributed by atoms with E-state index in [9.17, 15) is 14.0 Å². The summed E-state index contributed by atoms with van der Waals surface area (Å²) in [6, 6.07) is 5.74. The molecule has 0 bridgehead atoms. The fourth-order valence-electron chi connectivity index (χ4n) is 5.04. The van der Waals surface area contributed by atoms with Crippen molar-refractivity contribution in [2.75, 3.05) is 82.6 Å². The van der Waals surface area contributed by atoms with Crippen LogP contribution in [0.25, 0.3) is 22.6 Å². The Morgan fingerprint density at radius 3 is 2.46 bits per heavy atom. The number of anilines is 3. The van der Waals surface area contributed by atoms with Gasteiger partial charge in [0.2, 0.25) is 0 Å². The van der Waals surface area contributed by atoms with Crippen LogP contribution in [0.3, 0.4) is 0 Å². The molecular formula is C28H33F2N7O2. The van der Waals surface area contributed by atoms with Crippen molar-refractivity contribution in [3.05, 3.63) is 57.6 Å². The van der Waals surface area contributed by atoms with Gasteiger partial charge in [0.05, 0.1) is 33.5 Å². The summed E-state index contributed by atoms with van der Waals surface area (Å²) >= 11 is 0. The topological polar surface area (TPSA) is 87.8 Å². The average molecular weight is 538 g/mol. The summed E-state index contributed by atoms with van der Waals surface area (Å²) in [4.78, 5) is 40.8. The number of nitrogens with one attached hydrogen (secondary N) is 2. The van der Waals surface area contributed by atoms with Gasteiger partial charge < -0.3 is 29.9 Å². The van der Waals surface area contributed by atoms with E-state index in [4.69, 9.17) is 0 Å². The normalized spacial score (nSPS) is 16.8. The van der Waals surface area contributed by atoms with Crippen LogP contribution in [0.15, 0.2) is 29.1 Å². The number of amides is 1. The number of halogens is 2. The molecule has 2 aliphatic heterocycles. The van der Waals surface area contributed by atoms with E-state index in [1.807, 2.05) is 38.0 Å². The fourth-order valence-corrected chi connectivity index (χ4v) is 5.04. The molecule has 0 unspecified atom stereocenters. The number of hydrogen-bond acceptors (Lipinski definition) is 7. The highest BCUT2D eigenvalue weighted by atomic mass is 19.1. The second kappa shape index (κ2) is 10.7. The first-order chi connectivity index (χ1) is 18.6. The van der Waals surface area contributed by atoms with E-state index >= 15 is 4.39 Å². The Labute approximate surface area is 225 Å². The second-order valence-corrected chi connectivity index (χ2v) is 10.5. The molecule has 11 heteroatoms. The van der Waals surface area contributed by atoms with Gasteiger partial charge in [0.15, 0.2) is 0 Å². The van der Waals surface area contributed by atoms with E-state index in [1.165, 1.54) is 18.2 Å². The molecule has 0 aliphatic carbocycles. The minimum atomic E-state index is -0.518. The molecule has 3 heterocycles. The summed E-state index contributed by atoms with van der Waals surface area (Å²) in [7, 11) is 7.81. The monoisotopic (exact) mass is 537 g/mol. The number of piperazine rings is 1. The van der Waals surface area contributed by atoms with Crippen LogP contribution < -0.4 is 20.7 Å². The smallest absolute Gasteiger partial charge is 0.259 e. The van der Waals surface area contributed by atoms with Gasteiger partial charge in [-0.2, -0.15) is 0 Å². The van der Waals surface area contributed by atoms with E-state index in [0.29, 0.717) is 47.8 Å². The lowest BCUT2D eigenvalue weighted by atomic mass is 10.1. The van der Waals surface area contributed by atoms with Crippen molar-refractivity contribution >= 4 is 45.5 Å². The Morgan fingerprint density at radius 1 is 1.00 bits per heavy atom. The Kier molecular flexibility index (Phi) is 7.37. The first-order valence-electron chi connectivity index (χ1n) is 13.0. The molecule has 2 aliphatic rings. The predicted molar refractivity (Wildman–Crippen MR) is 151 cm³/mol. The lowest BCUT2D eigenvalue weighted by Gasteiger charge is -2.34. The third-order valence-electron chi connectivity index (χ3n) is 7.30. The number of hydrogen-bond donors (Lipinski definition) is 2. The van der Waals surface area contributed by atoms with Crippen molar-refractivity contribution in [3.63, 3.8) is 0 Å². The molecule has 206 valence electrons. The number of H-pyrrole nitrogens is 1. The second-order valence-electron chi connectivity index (χ2n) is 10.5. The Bertz CT molecular complexity index is 1510. The van der Waals surface area contributed by atoms with Gasteiger partial charge in [0.25, 0.3) is 11.5 Å². The number of carbonyl (C=O) groups excluding carboxylic acids is 1. The van der Waals surface area contributed by atoms with Crippen LogP contribution in [0.4, 0.5) is 25.8 Å². The van der Waals surface area contributed by atoms with Gasteiger partial charge in [-0.15, -0.1) is 0 Å². The summed E-state index contributed by atoms with van der Waals surface area (Å²) in [5.41, 5.74) is 1.66. The van der Waals surface area contributed by atoms with Gasteiger partial charge in [-0.1, -0.05) is 0 Å². The molecule has 0 atom stereocenters. The Morgan fingerprint density at radius 2 is 1.74 bits per heavy atom. The van der Waals surface area contributed by atoms with Crippen LogP contribution in [-0.2, 0) is 4.79 Å². The third kappa shape index (κ3) is 5.50. The number of carbonyl (C=O) groups is 1. The zero-order valence-corrected chi connectivity index (χ0v) is 22.6. The molecule has 5 rings (SSSR count). The fraction of sp³-hybridized carbons (Fsp3) is 0.393. The van der Waals surface area contributed by atoms with Gasteiger partial charge in [0.1, 0.15) is 17.5 Å². The minimum absolute atomic E-state index is 0.122. The number of rotatable bonds is 7. The van der Waals surface area contributed by atoms with E-state index in [-0.39, 0.29) is 16.8 Å². The molecule has 1 aromatic heterocycles. The molecule has 3 aromatic rings. The highest BCUT2D eigenvalue weighted by Gasteiger charge is 2.27. The maximum absolute atomic E-state index is 15.1. The van der Waals surface area contributed by atoms with E-state index in [2.05, 4.69) is 25.1 Å². The van der Waals surface area contributed by atoms with E-state index in [0.717, 1.165) is 26.1 Å². The van der Waals surface area contributed by atoms with Crippen molar-refractivity contribution in [1.82, 2.24) is 19.8 Å². The highest BCUT2D eigenvalue weighted by Crippen LogP contribution is 2.37. The number of fused-ring (bicyclic) bond motifs is 2. The molecule has 2 N–H and O–H groups in total. The molecule has 0 spiro atoms. The van der Waals surface area contributed by atoms with Crippen molar-refractivity contribution < 1.29 is 13.6 Å². The molecule has 39 heavy (non-hydrogen) atoms. The summed E-state index contributed by atoms with van der Waals surface area (Å²) in [5, 5.41) is 2.91. The molecule has 0 radical (unpaired) electrons. The van der Waals surface area contributed by atoms with Gasteiger partial charge in [-0.05, 0) is 64.5 Å². The molecule has 9 nitrogen and oxygen atoms in total. The average Bonchev–Trinajstić information content (AvgIpc) is 3.17. The molecule has 1 saturated heterocycles. The van der Waals surface area contributed by atoms with Crippen molar-refractivity contribution in [2.45, 2.75) is 6.42 Å². The lowest BCUT2D eigenvalue weighted by molar-refractivity contribution is -0.110. The molecular weight excluding hydrogens is 504 g/mol. The maximum Gasteiger partial charge on any atom is 0.259 e. The van der Waals surface area contributed by atoms with E-state index < -0.39 is 23.1 Å². The van der Waals surface area contributed by atoms with Crippen molar-refractivity contribution in [3.8, 4) is 0 Å². The van der Waals surface area contributed by atoms with Crippen LogP contribution in [0.2, 0.25) is 0 Å². The standard InChI is InChI=1S/C28H33F2N7O2/c1-34(2)6-5-7-36(4)24-15-22-17(12-20(24)29)18(27(38)32-22)14-26-31-23-16-25(37-10-8-35(3)9-11-37)21(30)13-19(23)28(39)33-26/h12-16H,5-11H2,1-4H3,(H,32,38)(H,31,33,39)/b18-14-. The van der Waals surface area contributed by atoms with Crippen LogP contribution in [0.5, 0.6) is 0 Å². The number of aromatic nitrogens is 2. The minimum Gasteiger partial charge on any atom is -0.372 e. The molecule has 2 aromatic carbocycles. The van der Waals surface area contributed by atoms with Crippen LogP contribution >= 0.6 is 0 Å². The van der Waals surface area contributed by atoms with Gasteiger partial charge in [-0.25, -0.2) is 13.8 Å². The van der Waals surface area contributed by atoms with Crippen molar-refractivity contribution in [1.29, 1.82) is 0 Å². The van der Waals surface area contributed by atoms with Gasteiger partial charge in [0, 0.05) is 45.3 Å². The highest BCUT2D eigenvalue weighted by molar-refractivity contribution is 6.35. The zero-order valence-electron chi connectivity index (χ0n) is 22.6. The quantitative estimate of drug-likeness (QED) is 0.448. The first-order valence-corrected chi connectivity index (χ1v) is 13.0. The number of likely N-dealkylation sites (N-methyl/N-ethyl adjacent to an activating group) is 1. The van der Waals surface area contributed by atoms with Crippen LogP contribution in [0, 0.1) is 11.6 Å². The van der Waals surface area contributed by atoms with Crippen molar-refractivity contribution in [2.24, 2.45) is 0 Å². The van der Waals surface area contributed by atoms with Gasteiger partial charge in [-0.3, -0.25) is 9.59 Å². The largest absolute Gasteiger partial charge is 0.372 e. The number of aromatic amines is 1. The third-order valence-corrected chi connectivity index (χ3v) is 7.30. The number of nitrogens with zero attached hydrogens (tertiary/aromatic N) is 5. The lowest BCUT2D eigenvalue weighted by Crippen LogP contribution is -2.44. The van der Waals surface area contributed by atoms with E-state index in [1.54, 1.807) is 12.1 Å². The summed E-state index contributed by atoms with van der Waals surface area (Å²) in [6.07, 6.45) is 2.29. The molecule has 1 amide bonds. The Balaban J connectivity index is 1.47. The van der Waals surface area contributed by atoms with Crippen LogP contribution in [0.1, 0.15) is 17.8 Å². The summed E-state index contributed by atoms with van der Waals surface area (Å²) in [5.74, 6) is -1.22. The predicted octanol–water partition coefficient (Wildman–Crippen LogP) is 2.83. The molecule has 0 saturated carbocycles. The Hall–Kier alpha value is -3.83. The maximum atomic E-state index is 15.1. The summed E-state index contributed by atoms with van der Waals surface area (Å²) in [6.45, 7) is 4.46. The first kappa shape index (κ1) is 26.8. The molecule has 1 fully saturated rings. The SMILES string of the molecule is CN(C)CCCN(C)c1cc2c(cc1F)/C(=C/c1nc3cc(N4CCN(C)CC4)c(F)cc3c(=O)[nH]1)C(=O)N2.